The zero-order valence-electron chi connectivity index (χ0n) is 13.6. The van der Waals surface area contributed by atoms with E-state index in [-0.39, 0.29) is 24.1 Å². The SMILES string of the molecule is O=C1C[C@H](c2cc(F)ccc2-n2cccn2)c2c(nc3sccn23)CN1. The molecule has 5 rings (SSSR count). The summed E-state index contributed by atoms with van der Waals surface area (Å²) in [7, 11) is 0. The van der Waals surface area contributed by atoms with Crippen molar-refractivity contribution < 1.29 is 9.18 Å². The molecule has 0 saturated heterocycles. The molecule has 1 aliphatic rings. The number of halogens is 1. The molecule has 0 radical (unpaired) electrons. The first-order valence-electron chi connectivity index (χ1n) is 8.21. The van der Waals surface area contributed by atoms with Gasteiger partial charge in [0.25, 0.3) is 0 Å². The van der Waals surface area contributed by atoms with Gasteiger partial charge in [-0.25, -0.2) is 14.1 Å². The Balaban J connectivity index is 1.77. The Morgan fingerprint density at radius 2 is 2.23 bits per heavy atom. The minimum absolute atomic E-state index is 0.0762. The molecule has 0 saturated carbocycles. The average Bonchev–Trinajstić information content (AvgIpc) is 3.33. The van der Waals surface area contributed by atoms with Gasteiger partial charge < -0.3 is 5.32 Å². The number of thiazole rings is 1. The third-order valence-corrected chi connectivity index (χ3v) is 5.42. The van der Waals surface area contributed by atoms with Crippen molar-refractivity contribution in [2.24, 2.45) is 0 Å². The summed E-state index contributed by atoms with van der Waals surface area (Å²) < 4.78 is 17.8. The Morgan fingerprint density at radius 1 is 1.31 bits per heavy atom. The van der Waals surface area contributed by atoms with Crippen LogP contribution in [-0.2, 0) is 11.3 Å². The number of nitrogens with zero attached hydrogens (tertiary/aromatic N) is 4. The molecule has 130 valence electrons. The summed E-state index contributed by atoms with van der Waals surface area (Å²) in [6, 6.07) is 6.42. The van der Waals surface area contributed by atoms with E-state index in [4.69, 9.17) is 0 Å². The average molecular weight is 367 g/mol. The Morgan fingerprint density at radius 3 is 3.08 bits per heavy atom. The lowest BCUT2D eigenvalue weighted by molar-refractivity contribution is -0.121. The number of carbonyl (C=O) groups is 1. The van der Waals surface area contributed by atoms with Crippen LogP contribution >= 0.6 is 11.3 Å². The van der Waals surface area contributed by atoms with Crippen LogP contribution in [0.2, 0.25) is 0 Å². The molecule has 6 nitrogen and oxygen atoms in total. The highest BCUT2D eigenvalue weighted by Gasteiger charge is 2.31. The number of imidazole rings is 1. The molecule has 0 fully saturated rings. The number of amides is 1. The van der Waals surface area contributed by atoms with Crippen LogP contribution in [0.4, 0.5) is 4.39 Å². The molecule has 0 aliphatic carbocycles. The summed E-state index contributed by atoms with van der Waals surface area (Å²) >= 11 is 1.54. The van der Waals surface area contributed by atoms with Gasteiger partial charge in [0, 0.05) is 36.3 Å². The van der Waals surface area contributed by atoms with Crippen molar-refractivity contribution in [2.45, 2.75) is 18.9 Å². The first kappa shape index (κ1) is 15.3. The van der Waals surface area contributed by atoms with E-state index < -0.39 is 0 Å². The summed E-state index contributed by atoms with van der Waals surface area (Å²) in [6.45, 7) is 0.380. The number of fused-ring (bicyclic) bond motifs is 3. The minimum Gasteiger partial charge on any atom is -0.350 e. The standard InChI is InChI=1S/C18H14FN5OS/c19-11-2-3-15(24-5-1-4-21-24)12(8-11)13-9-16(25)20-10-14-17(13)23-6-7-26-18(23)22-14/h1-8,13H,9-10H2,(H,20,25)/t13-/m1/s1. The number of hydrogen-bond donors (Lipinski definition) is 1. The Kier molecular flexibility index (Phi) is 3.39. The zero-order chi connectivity index (χ0) is 17.7. The van der Waals surface area contributed by atoms with Crippen molar-refractivity contribution in [1.29, 1.82) is 0 Å². The van der Waals surface area contributed by atoms with Gasteiger partial charge in [0.05, 0.1) is 23.6 Å². The normalized spacial score (nSPS) is 17.1. The van der Waals surface area contributed by atoms with Crippen LogP contribution in [0.5, 0.6) is 0 Å². The lowest BCUT2D eigenvalue weighted by Gasteiger charge is -2.19. The van der Waals surface area contributed by atoms with Gasteiger partial charge in [-0.15, -0.1) is 11.3 Å². The molecule has 1 amide bonds. The maximum atomic E-state index is 14.1. The van der Waals surface area contributed by atoms with Gasteiger partial charge >= 0.3 is 0 Å². The third kappa shape index (κ3) is 2.33. The van der Waals surface area contributed by atoms with Crippen molar-refractivity contribution in [3.05, 3.63) is 71.0 Å². The van der Waals surface area contributed by atoms with E-state index in [1.165, 1.54) is 23.5 Å². The number of hydrogen-bond acceptors (Lipinski definition) is 4. The van der Waals surface area contributed by atoms with Crippen molar-refractivity contribution in [1.82, 2.24) is 24.5 Å². The predicted octanol–water partition coefficient (Wildman–Crippen LogP) is 2.87. The van der Waals surface area contributed by atoms with Crippen molar-refractivity contribution in [2.75, 3.05) is 0 Å². The smallest absolute Gasteiger partial charge is 0.221 e. The molecular weight excluding hydrogens is 353 g/mol. The van der Waals surface area contributed by atoms with Gasteiger partial charge in [-0.1, -0.05) is 0 Å². The molecule has 1 aliphatic heterocycles. The second-order valence-corrected chi connectivity index (χ2v) is 7.06. The van der Waals surface area contributed by atoms with Gasteiger partial charge in [0.1, 0.15) is 5.82 Å². The fourth-order valence-electron chi connectivity index (χ4n) is 3.57. The van der Waals surface area contributed by atoms with Crippen LogP contribution in [-0.4, -0.2) is 25.1 Å². The summed E-state index contributed by atoms with van der Waals surface area (Å²) in [5, 5.41) is 9.14. The minimum atomic E-state index is -0.340. The van der Waals surface area contributed by atoms with Gasteiger partial charge in [-0.3, -0.25) is 9.20 Å². The molecule has 0 unspecified atom stereocenters. The van der Waals surface area contributed by atoms with Crippen LogP contribution in [0.3, 0.4) is 0 Å². The van der Waals surface area contributed by atoms with Crippen molar-refractivity contribution in [3.63, 3.8) is 0 Å². The zero-order valence-corrected chi connectivity index (χ0v) is 14.4. The summed E-state index contributed by atoms with van der Waals surface area (Å²) in [5.41, 5.74) is 3.23. The molecule has 8 heteroatoms. The van der Waals surface area contributed by atoms with Crippen molar-refractivity contribution >= 4 is 22.2 Å². The summed E-state index contributed by atoms with van der Waals surface area (Å²) in [6.07, 6.45) is 5.66. The predicted molar refractivity (Wildman–Crippen MR) is 94.9 cm³/mol. The van der Waals surface area contributed by atoms with E-state index in [1.54, 1.807) is 16.9 Å². The second kappa shape index (κ2) is 5.77. The van der Waals surface area contributed by atoms with E-state index in [1.807, 2.05) is 28.2 Å². The number of aromatic nitrogens is 4. The Labute approximate surface area is 151 Å². The van der Waals surface area contributed by atoms with E-state index in [0.29, 0.717) is 6.54 Å². The lowest BCUT2D eigenvalue weighted by atomic mass is 9.90. The van der Waals surface area contributed by atoms with Crippen LogP contribution in [0.25, 0.3) is 10.6 Å². The van der Waals surface area contributed by atoms with Gasteiger partial charge in [-0.05, 0) is 29.8 Å². The molecule has 1 atom stereocenters. The van der Waals surface area contributed by atoms with Crippen LogP contribution in [0, 0.1) is 5.82 Å². The highest BCUT2D eigenvalue weighted by Crippen LogP contribution is 2.37. The molecule has 4 heterocycles. The molecule has 0 spiro atoms. The van der Waals surface area contributed by atoms with E-state index in [0.717, 1.165) is 27.6 Å². The first-order valence-corrected chi connectivity index (χ1v) is 9.09. The number of benzene rings is 1. The third-order valence-electron chi connectivity index (χ3n) is 4.66. The Bertz CT molecular complexity index is 1110. The number of carbonyl (C=O) groups excluding carboxylic acids is 1. The Hall–Kier alpha value is -3.00. The van der Waals surface area contributed by atoms with Crippen LogP contribution < -0.4 is 5.32 Å². The first-order chi connectivity index (χ1) is 12.7. The van der Waals surface area contributed by atoms with E-state index in [2.05, 4.69) is 15.4 Å². The van der Waals surface area contributed by atoms with Gasteiger partial charge in [-0.2, -0.15) is 5.10 Å². The maximum Gasteiger partial charge on any atom is 0.221 e. The fourth-order valence-corrected chi connectivity index (χ4v) is 4.31. The maximum absolute atomic E-state index is 14.1. The van der Waals surface area contributed by atoms with E-state index >= 15 is 0 Å². The molecule has 1 N–H and O–H groups in total. The van der Waals surface area contributed by atoms with Gasteiger partial charge in [0.2, 0.25) is 5.91 Å². The van der Waals surface area contributed by atoms with Crippen molar-refractivity contribution in [3.8, 4) is 5.69 Å². The monoisotopic (exact) mass is 367 g/mol. The molecule has 3 aromatic heterocycles. The molecular formula is C18H14FN5OS. The van der Waals surface area contributed by atoms with Gasteiger partial charge in [0.15, 0.2) is 4.96 Å². The largest absolute Gasteiger partial charge is 0.350 e. The highest BCUT2D eigenvalue weighted by atomic mass is 32.1. The van der Waals surface area contributed by atoms with E-state index in [9.17, 15) is 9.18 Å². The highest BCUT2D eigenvalue weighted by molar-refractivity contribution is 7.15. The molecule has 1 aromatic carbocycles. The summed E-state index contributed by atoms with van der Waals surface area (Å²) in [5.74, 6) is -0.729. The number of nitrogens with one attached hydrogen (secondary N) is 1. The van der Waals surface area contributed by atoms with Crippen LogP contribution in [0.1, 0.15) is 29.3 Å². The molecule has 0 bridgehead atoms. The lowest BCUT2D eigenvalue weighted by Crippen LogP contribution is -2.22. The quantitative estimate of drug-likeness (QED) is 0.593. The second-order valence-electron chi connectivity index (χ2n) is 6.19. The number of rotatable bonds is 2. The topological polar surface area (TPSA) is 64.2 Å². The fraction of sp³-hybridized carbons (Fsp3) is 0.167. The molecule has 4 aromatic rings. The van der Waals surface area contributed by atoms with Crippen LogP contribution in [0.15, 0.2) is 48.2 Å². The molecule has 26 heavy (non-hydrogen) atoms. The summed E-state index contributed by atoms with van der Waals surface area (Å²) in [4.78, 5) is 17.8.